The number of rotatable bonds is 3. The van der Waals surface area contributed by atoms with Crippen molar-refractivity contribution in [1.82, 2.24) is 10.6 Å². The van der Waals surface area contributed by atoms with E-state index in [0.29, 0.717) is 31.8 Å². The van der Waals surface area contributed by atoms with E-state index in [4.69, 9.17) is 15.2 Å². The van der Waals surface area contributed by atoms with Gasteiger partial charge in [-0.1, -0.05) is 12.1 Å². The van der Waals surface area contributed by atoms with Crippen LogP contribution in [0.25, 0.3) is 0 Å². The van der Waals surface area contributed by atoms with Crippen LogP contribution < -0.4 is 25.8 Å². The molecular formula is C14H19N5O2. The number of benzene rings is 1. The molecule has 0 spiro atoms. The fourth-order valence-electron chi connectivity index (χ4n) is 2.28. The van der Waals surface area contributed by atoms with E-state index < -0.39 is 0 Å². The van der Waals surface area contributed by atoms with Crippen molar-refractivity contribution >= 4 is 11.9 Å². The molecule has 0 radical (unpaired) electrons. The second-order valence-corrected chi connectivity index (χ2v) is 5.01. The van der Waals surface area contributed by atoms with E-state index in [-0.39, 0.29) is 6.04 Å². The number of nitrogens with one attached hydrogen (secondary N) is 2. The lowest BCUT2D eigenvalue weighted by molar-refractivity contribution is 0.173. The third-order valence-electron chi connectivity index (χ3n) is 3.29. The van der Waals surface area contributed by atoms with Gasteiger partial charge in [0.05, 0.1) is 12.6 Å². The monoisotopic (exact) mass is 289 g/mol. The van der Waals surface area contributed by atoms with Crippen LogP contribution in [0.4, 0.5) is 0 Å². The average Bonchev–Trinajstić information content (AvgIpc) is 2.88. The van der Waals surface area contributed by atoms with Crippen molar-refractivity contribution in [2.75, 3.05) is 19.9 Å². The summed E-state index contributed by atoms with van der Waals surface area (Å²) in [7, 11) is 0. The molecule has 7 heteroatoms. The number of ether oxygens (including phenoxy) is 2. The van der Waals surface area contributed by atoms with Gasteiger partial charge in [0.1, 0.15) is 0 Å². The number of hydrogen-bond acceptors (Lipinski definition) is 7. The summed E-state index contributed by atoms with van der Waals surface area (Å²) in [4.78, 5) is 8.63. The molecule has 3 rings (SSSR count). The molecule has 0 aromatic heterocycles. The molecule has 2 aliphatic rings. The number of nitrogens with zero attached hydrogens (tertiary/aromatic N) is 2. The summed E-state index contributed by atoms with van der Waals surface area (Å²) in [5.74, 6) is 2.70. The molecule has 7 nitrogen and oxygen atoms in total. The van der Waals surface area contributed by atoms with Crippen LogP contribution in [0.5, 0.6) is 11.5 Å². The Morgan fingerprint density at radius 1 is 1.43 bits per heavy atom. The van der Waals surface area contributed by atoms with Crippen molar-refractivity contribution < 1.29 is 9.47 Å². The maximum Gasteiger partial charge on any atom is 0.231 e. The molecule has 0 saturated heterocycles. The van der Waals surface area contributed by atoms with Crippen LogP contribution in [-0.4, -0.2) is 37.8 Å². The first-order chi connectivity index (χ1) is 10.2. The molecule has 112 valence electrons. The summed E-state index contributed by atoms with van der Waals surface area (Å²) < 4.78 is 10.9. The highest BCUT2D eigenvalue weighted by molar-refractivity contribution is 5.98. The van der Waals surface area contributed by atoms with Crippen molar-refractivity contribution in [3.8, 4) is 11.5 Å². The SMILES string of the molecule is CC1CN=C(N)NC(NCCc2cccc3c2OCO3)=N1. The highest BCUT2D eigenvalue weighted by atomic mass is 16.7. The molecule has 1 atom stereocenters. The van der Waals surface area contributed by atoms with Crippen molar-refractivity contribution in [1.29, 1.82) is 0 Å². The summed E-state index contributed by atoms with van der Waals surface area (Å²) in [5.41, 5.74) is 6.84. The molecule has 0 fully saturated rings. The smallest absolute Gasteiger partial charge is 0.231 e. The summed E-state index contributed by atoms with van der Waals surface area (Å²) >= 11 is 0. The van der Waals surface area contributed by atoms with Crippen molar-refractivity contribution in [3.05, 3.63) is 23.8 Å². The normalized spacial score (nSPS) is 20.1. The van der Waals surface area contributed by atoms with Crippen LogP contribution in [0.3, 0.4) is 0 Å². The average molecular weight is 289 g/mol. The van der Waals surface area contributed by atoms with E-state index >= 15 is 0 Å². The van der Waals surface area contributed by atoms with E-state index in [9.17, 15) is 0 Å². The molecule has 1 aromatic carbocycles. The lowest BCUT2D eigenvalue weighted by Gasteiger charge is -2.11. The van der Waals surface area contributed by atoms with Gasteiger partial charge in [-0.05, 0) is 25.0 Å². The molecule has 0 aliphatic carbocycles. The summed E-state index contributed by atoms with van der Waals surface area (Å²) in [6.45, 7) is 3.60. The lowest BCUT2D eigenvalue weighted by Crippen LogP contribution is -2.44. The van der Waals surface area contributed by atoms with Gasteiger partial charge < -0.3 is 20.5 Å². The zero-order valence-electron chi connectivity index (χ0n) is 11.9. The molecule has 21 heavy (non-hydrogen) atoms. The molecule has 2 aliphatic heterocycles. The first kappa shape index (κ1) is 13.5. The van der Waals surface area contributed by atoms with Crippen LogP contribution >= 0.6 is 0 Å². The highest BCUT2D eigenvalue weighted by Crippen LogP contribution is 2.35. The number of hydrogen-bond donors (Lipinski definition) is 3. The first-order valence-electron chi connectivity index (χ1n) is 6.98. The van der Waals surface area contributed by atoms with Crippen molar-refractivity contribution in [2.45, 2.75) is 19.4 Å². The van der Waals surface area contributed by atoms with Crippen molar-refractivity contribution in [2.24, 2.45) is 15.7 Å². The number of guanidine groups is 2. The molecule has 2 heterocycles. The molecule has 0 saturated carbocycles. The molecular weight excluding hydrogens is 270 g/mol. The van der Waals surface area contributed by atoms with Gasteiger partial charge in [-0.2, -0.15) is 0 Å². The Kier molecular flexibility index (Phi) is 3.81. The van der Waals surface area contributed by atoms with Crippen LogP contribution in [0, 0.1) is 0 Å². The van der Waals surface area contributed by atoms with Gasteiger partial charge in [0.15, 0.2) is 23.4 Å². The lowest BCUT2D eigenvalue weighted by atomic mass is 10.1. The molecule has 0 amide bonds. The second kappa shape index (κ2) is 5.90. The number of aliphatic imine (C=N–C) groups is 2. The summed E-state index contributed by atoms with van der Waals surface area (Å²) in [5, 5.41) is 6.20. The maximum absolute atomic E-state index is 5.73. The minimum Gasteiger partial charge on any atom is -0.454 e. The van der Waals surface area contributed by atoms with E-state index in [0.717, 1.165) is 23.5 Å². The van der Waals surface area contributed by atoms with Gasteiger partial charge in [0.2, 0.25) is 6.79 Å². The van der Waals surface area contributed by atoms with Crippen LogP contribution in [0.2, 0.25) is 0 Å². The zero-order valence-corrected chi connectivity index (χ0v) is 11.9. The predicted molar refractivity (Wildman–Crippen MR) is 80.8 cm³/mol. The van der Waals surface area contributed by atoms with E-state index in [1.165, 1.54) is 0 Å². The third-order valence-corrected chi connectivity index (χ3v) is 3.29. The molecule has 1 aromatic rings. The fourth-order valence-corrected chi connectivity index (χ4v) is 2.28. The Balaban J connectivity index is 1.59. The van der Waals surface area contributed by atoms with Crippen LogP contribution in [0.1, 0.15) is 12.5 Å². The maximum atomic E-state index is 5.73. The van der Waals surface area contributed by atoms with Gasteiger partial charge >= 0.3 is 0 Å². The van der Waals surface area contributed by atoms with Gasteiger partial charge in [-0.25, -0.2) is 4.99 Å². The minimum atomic E-state index is 0.110. The summed E-state index contributed by atoms with van der Waals surface area (Å²) in [6.07, 6.45) is 0.804. The predicted octanol–water partition coefficient (Wildman–Crippen LogP) is 0.210. The zero-order chi connectivity index (χ0) is 14.7. The standard InChI is InChI=1S/C14H19N5O2/c1-9-7-17-13(15)19-14(18-9)16-6-5-10-3-2-4-11-12(10)21-8-20-11/h2-4,9H,5-8H2,1H3,(H4,15,16,17,18,19). The van der Waals surface area contributed by atoms with Gasteiger partial charge in [-0.15, -0.1) is 0 Å². The Morgan fingerprint density at radius 3 is 3.24 bits per heavy atom. The molecule has 1 unspecified atom stereocenters. The van der Waals surface area contributed by atoms with E-state index in [2.05, 4.69) is 20.6 Å². The highest BCUT2D eigenvalue weighted by Gasteiger charge is 2.17. The Bertz CT molecular complexity index is 585. The van der Waals surface area contributed by atoms with Crippen molar-refractivity contribution in [3.63, 3.8) is 0 Å². The molecule has 4 N–H and O–H groups in total. The van der Waals surface area contributed by atoms with Gasteiger partial charge in [-0.3, -0.25) is 10.3 Å². The number of nitrogens with two attached hydrogens (primary N) is 1. The Labute approximate surface area is 123 Å². The largest absolute Gasteiger partial charge is 0.454 e. The van der Waals surface area contributed by atoms with Gasteiger partial charge in [0, 0.05) is 6.54 Å². The van der Waals surface area contributed by atoms with Crippen LogP contribution in [0.15, 0.2) is 28.2 Å². The Hall–Kier alpha value is -2.44. The number of fused-ring (bicyclic) bond motifs is 1. The summed E-state index contributed by atoms with van der Waals surface area (Å²) in [6, 6.07) is 6.03. The van der Waals surface area contributed by atoms with E-state index in [1.54, 1.807) is 0 Å². The number of para-hydroxylation sites is 1. The topological polar surface area (TPSA) is 93.3 Å². The minimum absolute atomic E-state index is 0.110. The Morgan fingerprint density at radius 2 is 2.33 bits per heavy atom. The fraction of sp³-hybridized carbons (Fsp3) is 0.429. The second-order valence-electron chi connectivity index (χ2n) is 5.01. The quantitative estimate of drug-likeness (QED) is 0.739. The van der Waals surface area contributed by atoms with Crippen LogP contribution in [-0.2, 0) is 6.42 Å². The first-order valence-corrected chi connectivity index (χ1v) is 6.98. The van der Waals surface area contributed by atoms with Gasteiger partial charge in [0.25, 0.3) is 0 Å². The molecule has 0 bridgehead atoms. The third kappa shape index (κ3) is 3.18. The van der Waals surface area contributed by atoms with E-state index in [1.807, 2.05) is 25.1 Å².